The van der Waals surface area contributed by atoms with Gasteiger partial charge in [-0.2, -0.15) is 0 Å². The van der Waals surface area contributed by atoms with E-state index in [1.54, 1.807) is 6.92 Å². The fourth-order valence-electron chi connectivity index (χ4n) is 2.68. The number of benzene rings is 1. The first-order valence-corrected chi connectivity index (χ1v) is 7.70. The molecule has 0 aliphatic carbocycles. The molecule has 3 N–H and O–H groups in total. The molecule has 1 aliphatic rings. The van der Waals surface area contributed by atoms with Gasteiger partial charge in [0.25, 0.3) is 0 Å². The van der Waals surface area contributed by atoms with E-state index in [1.807, 2.05) is 0 Å². The van der Waals surface area contributed by atoms with Gasteiger partial charge in [0.05, 0.1) is 11.5 Å². The number of hydrogen-bond acceptors (Lipinski definition) is 4. The van der Waals surface area contributed by atoms with Crippen LogP contribution in [0.2, 0.25) is 0 Å². The minimum Gasteiger partial charge on any atom is -0.406 e. The molecule has 2 rings (SSSR count). The average Bonchev–Trinajstić information content (AvgIpc) is 2.54. The molecule has 134 valence electrons. The molecule has 1 aromatic rings. The van der Waals surface area contributed by atoms with Crippen LogP contribution in [0.5, 0.6) is 5.75 Å². The van der Waals surface area contributed by atoms with Crippen LogP contribution in [-0.2, 0) is 9.53 Å². The summed E-state index contributed by atoms with van der Waals surface area (Å²) < 4.78 is 45.6. The molecule has 0 saturated carbocycles. The van der Waals surface area contributed by atoms with Crippen LogP contribution in [0, 0.1) is 5.41 Å². The molecule has 0 radical (unpaired) electrons. The lowest BCUT2D eigenvalue weighted by Crippen LogP contribution is -2.49. The van der Waals surface area contributed by atoms with E-state index in [1.165, 1.54) is 24.3 Å². The molecule has 1 amide bonds. The van der Waals surface area contributed by atoms with Crippen molar-refractivity contribution in [2.45, 2.75) is 32.2 Å². The predicted octanol–water partition coefficient (Wildman–Crippen LogP) is 2.52. The van der Waals surface area contributed by atoms with E-state index < -0.39 is 11.8 Å². The quantitative estimate of drug-likeness (QED) is 0.859. The normalized spacial score (nSPS) is 18.7. The first-order chi connectivity index (χ1) is 11.3. The number of amides is 1. The molecule has 1 aliphatic heterocycles. The molecule has 1 fully saturated rings. The van der Waals surface area contributed by atoms with Gasteiger partial charge in [-0.05, 0) is 37.5 Å². The number of hydrogen-bond donors (Lipinski definition) is 2. The van der Waals surface area contributed by atoms with Crippen molar-refractivity contribution in [1.82, 2.24) is 5.32 Å². The summed E-state index contributed by atoms with van der Waals surface area (Å²) in [5.41, 5.74) is 5.82. The molecule has 5 nitrogen and oxygen atoms in total. The van der Waals surface area contributed by atoms with Crippen LogP contribution >= 0.6 is 0 Å². The van der Waals surface area contributed by atoms with E-state index in [2.05, 4.69) is 10.1 Å². The molecule has 0 spiro atoms. The topological polar surface area (TPSA) is 73.6 Å². The zero-order valence-corrected chi connectivity index (χ0v) is 13.4. The summed E-state index contributed by atoms with van der Waals surface area (Å²) in [6.45, 7) is 2.97. The molecule has 0 aromatic heterocycles. The van der Waals surface area contributed by atoms with Crippen LogP contribution < -0.4 is 15.8 Å². The summed E-state index contributed by atoms with van der Waals surface area (Å²) in [5, 5.41) is 2.89. The number of nitrogens with two attached hydrogens (primary N) is 1. The zero-order valence-electron chi connectivity index (χ0n) is 13.4. The van der Waals surface area contributed by atoms with Crippen LogP contribution in [0.15, 0.2) is 24.3 Å². The summed E-state index contributed by atoms with van der Waals surface area (Å²) in [6, 6.07) is 5.07. The Labute approximate surface area is 138 Å². The van der Waals surface area contributed by atoms with Crippen LogP contribution in [0.25, 0.3) is 0 Å². The highest BCUT2D eigenvalue weighted by Gasteiger charge is 2.39. The van der Waals surface area contributed by atoms with Crippen LogP contribution in [-0.4, -0.2) is 32.0 Å². The van der Waals surface area contributed by atoms with Gasteiger partial charge in [-0.3, -0.25) is 4.79 Å². The van der Waals surface area contributed by atoms with E-state index in [-0.39, 0.29) is 24.2 Å². The summed E-state index contributed by atoms with van der Waals surface area (Å²) in [4.78, 5) is 12.6. The van der Waals surface area contributed by atoms with Crippen molar-refractivity contribution in [3.8, 4) is 5.75 Å². The van der Waals surface area contributed by atoms with Gasteiger partial charge in [-0.25, -0.2) is 0 Å². The molecule has 1 aromatic carbocycles. The average molecular weight is 346 g/mol. The van der Waals surface area contributed by atoms with Crippen molar-refractivity contribution >= 4 is 5.91 Å². The monoisotopic (exact) mass is 346 g/mol. The van der Waals surface area contributed by atoms with Gasteiger partial charge in [0.1, 0.15) is 5.75 Å². The van der Waals surface area contributed by atoms with Gasteiger partial charge in [0.2, 0.25) is 5.91 Å². The van der Waals surface area contributed by atoms with E-state index in [4.69, 9.17) is 10.5 Å². The Bertz CT molecular complexity index is 555. The van der Waals surface area contributed by atoms with Crippen molar-refractivity contribution in [3.05, 3.63) is 29.8 Å². The van der Waals surface area contributed by atoms with Crippen LogP contribution in [0.3, 0.4) is 0 Å². The van der Waals surface area contributed by atoms with Crippen molar-refractivity contribution in [1.29, 1.82) is 0 Å². The van der Waals surface area contributed by atoms with E-state index in [0.29, 0.717) is 31.6 Å². The molecule has 1 atom stereocenters. The summed E-state index contributed by atoms with van der Waals surface area (Å²) in [5.74, 6) is -0.455. The Morgan fingerprint density at radius 1 is 1.33 bits per heavy atom. The fourth-order valence-corrected chi connectivity index (χ4v) is 2.68. The zero-order chi connectivity index (χ0) is 17.8. The second kappa shape index (κ2) is 7.40. The maximum atomic E-state index is 12.6. The van der Waals surface area contributed by atoms with Gasteiger partial charge in [-0.1, -0.05) is 12.1 Å². The molecule has 1 unspecified atom stereocenters. The SMILES string of the molecule is CC(NC(=O)C1(CN)CCOCC1)c1ccc(OC(F)(F)F)cc1. The van der Waals surface area contributed by atoms with Gasteiger partial charge >= 0.3 is 6.36 Å². The lowest BCUT2D eigenvalue weighted by molar-refractivity contribution is -0.274. The first-order valence-electron chi connectivity index (χ1n) is 7.70. The lowest BCUT2D eigenvalue weighted by atomic mass is 9.79. The Hall–Kier alpha value is -1.80. The Balaban J connectivity index is 2.01. The fraction of sp³-hybridized carbons (Fsp3) is 0.562. The maximum Gasteiger partial charge on any atom is 0.573 e. The van der Waals surface area contributed by atoms with E-state index in [9.17, 15) is 18.0 Å². The second-order valence-electron chi connectivity index (χ2n) is 5.91. The third-order valence-electron chi connectivity index (χ3n) is 4.28. The third kappa shape index (κ3) is 4.61. The Morgan fingerprint density at radius 2 is 1.92 bits per heavy atom. The number of carbonyl (C=O) groups is 1. The maximum absolute atomic E-state index is 12.6. The molecular weight excluding hydrogens is 325 g/mol. The molecule has 1 heterocycles. The van der Waals surface area contributed by atoms with Gasteiger partial charge < -0.3 is 20.5 Å². The minimum atomic E-state index is -4.72. The Morgan fingerprint density at radius 3 is 2.42 bits per heavy atom. The first kappa shape index (κ1) is 18.5. The van der Waals surface area contributed by atoms with Gasteiger partial charge in [0, 0.05) is 19.8 Å². The lowest BCUT2D eigenvalue weighted by Gasteiger charge is -2.35. The second-order valence-corrected chi connectivity index (χ2v) is 5.91. The smallest absolute Gasteiger partial charge is 0.406 e. The summed E-state index contributed by atoms with van der Waals surface area (Å²) in [7, 11) is 0. The van der Waals surface area contributed by atoms with E-state index in [0.717, 1.165) is 0 Å². The number of carbonyl (C=O) groups excluding carboxylic acids is 1. The summed E-state index contributed by atoms with van der Waals surface area (Å²) in [6.07, 6.45) is -3.61. The standard InChI is InChI=1S/C16H21F3N2O3/c1-11(12-2-4-13(5-3-12)24-16(17,18)19)21-14(22)15(10-20)6-8-23-9-7-15/h2-5,11H,6-10,20H2,1H3,(H,21,22). The summed E-state index contributed by atoms with van der Waals surface area (Å²) >= 11 is 0. The minimum absolute atomic E-state index is 0.156. The van der Waals surface area contributed by atoms with Crippen molar-refractivity contribution in [2.75, 3.05) is 19.8 Å². The van der Waals surface area contributed by atoms with Crippen molar-refractivity contribution in [2.24, 2.45) is 11.1 Å². The largest absolute Gasteiger partial charge is 0.573 e. The Kier molecular flexibility index (Phi) is 5.71. The highest BCUT2D eigenvalue weighted by atomic mass is 19.4. The number of alkyl halides is 3. The van der Waals surface area contributed by atoms with Crippen molar-refractivity contribution < 1.29 is 27.4 Å². The molecule has 0 bridgehead atoms. The van der Waals surface area contributed by atoms with Gasteiger partial charge in [-0.15, -0.1) is 13.2 Å². The van der Waals surface area contributed by atoms with Crippen LogP contribution in [0.1, 0.15) is 31.4 Å². The molecular formula is C16H21F3N2O3. The molecule has 8 heteroatoms. The molecule has 24 heavy (non-hydrogen) atoms. The number of nitrogens with one attached hydrogen (secondary N) is 1. The van der Waals surface area contributed by atoms with Crippen molar-refractivity contribution in [3.63, 3.8) is 0 Å². The number of rotatable bonds is 5. The number of ether oxygens (including phenoxy) is 2. The third-order valence-corrected chi connectivity index (χ3v) is 4.28. The van der Waals surface area contributed by atoms with Crippen LogP contribution in [0.4, 0.5) is 13.2 Å². The highest BCUT2D eigenvalue weighted by Crippen LogP contribution is 2.31. The van der Waals surface area contributed by atoms with Gasteiger partial charge in [0.15, 0.2) is 0 Å². The highest BCUT2D eigenvalue weighted by molar-refractivity contribution is 5.83. The predicted molar refractivity (Wildman–Crippen MR) is 81.2 cm³/mol. The molecule has 1 saturated heterocycles. The number of halogens is 3. The van der Waals surface area contributed by atoms with E-state index >= 15 is 0 Å².